The van der Waals surface area contributed by atoms with E-state index < -0.39 is 5.97 Å². The number of cyclic esters (lactones) is 1. The SMILES string of the molecule is O=C1COC(=O)/C1=C/c1ccccc1. The van der Waals surface area contributed by atoms with Gasteiger partial charge in [0.05, 0.1) is 0 Å². The third kappa shape index (κ3) is 1.57. The maximum absolute atomic E-state index is 11.2. The number of rotatable bonds is 1. The van der Waals surface area contributed by atoms with E-state index in [0.29, 0.717) is 0 Å². The molecular formula is C11H8O3. The van der Waals surface area contributed by atoms with Crippen LogP contribution < -0.4 is 0 Å². The lowest BCUT2D eigenvalue weighted by Gasteiger charge is -1.92. The second-order valence-corrected chi connectivity index (χ2v) is 2.97. The van der Waals surface area contributed by atoms with Gasteiger partial charge >= 0.3 is 5.97 Å². The molecule has 1 aromatic carbocycles. The second kappa shape index (κ2) is 3.46. The second-order valence-electron chi connectivity index (χ2n) is 2.97. The minimum absolute atomic E-state index is 0.127. The van der Waals surface area contributed by atoms with Crippen molar-refractivity contribution in [2.24, 2.45) is 0 Å². The summed E-state index contributed by atoms with van der Waals surface area (Å²) in [7, 11) is 0. The van der Waals surface area contributed by atoms with Gasteiger partial charge in [-0.15, -0.1) is 0 Å². The van der Waals surface area contributed by atoms with Gasteiger partial charge in [-0.25, -0.2) is 4.79 Å². The molecule has 0 aliphatic carbocycles. The summed E-state index contributed by atoms with van der Waals surface area (Å²) in [4.78, 5) is 22.3. The van der Waals surface area contributed by atoms with Crippen molar-refractivity contribution in [2.45, 2.75) is 0 Å². The summed E-state index contributed by atoms with van der Waals surface area (Å²) < 4.78 is 4.59. The van der Waals surface area contributed by atoms with Crippen molar-refractivity contribution in [1.29, 1.82) is 0 Å². The average molecular weight is 188 g/mol. The monoisotopic (exact) mass is 188 g/mol. The highest BCUT2D eigenvalue weighted by Gasteiger charge is 2.27. The van der Waals surface area contributed by atoms with Gasteiger partial charge in [-0.1, -0.05) is 30.3 Å². The smallest absolute Gasteiger partial charge is 0.342 e. The predicted molar refractivity (Wildman–Crippen MR) is 50.4 cm³/mol. The summed E-state index contributed by atoms with van der Waals surface area (Å²) in [5.41, 5.74) is 0.964. The number of carbonyl (C=O) groups is 2. The molecule has 0 saturated carbocycles. The molecule has 0 unspecified atom stereocenters. The summed E-state index contributed by atoms with van der Waals surface area (Å²) in [6.07, 6.45) is 1.55. The maximum Gasteiger partial charge on any atom is 0.342 e. The molecule has 0 radical (unpaired) electrons. The number of hydrogen-bond donors (Lipinski definition) is 0. The zero-order valence-electron chi connectivity index (χ0n) is 7.40. The predicted octanol–water partition coefficient (Wildman–Crippen LogP) is 1.20. The third-order valence-electron chi connectivity index (χ3n) is 1.97. The van der Waals surface area contributed by atoms with Crippen LogP contribution in [0.4, 0.5) is 0 Å². The molecule has 0 amide bonds. The number of Topliss-reactive ketones (excluding diaryl/α,β-unsaturated/α-hetero) is 1. The van der Waals surface area contributed by atoms with E-state index in [1.807, 2.05) is 30.3 Å². The number of ether oxygens (including phenoxy) is 1. The van der Waals surface area contributed by atoms with Crippen LogP contribution in [0.5, 0.6) is 0 Å². The first-order valence-corrected chi connectivity index (χ1v) is 4.24. The van der Waals surface area contributed by atoms with E-state index in [1.165, 1.54) is 0 Å². The van der Waals surface area contributed by atoms with Crippen LogP contribution in [0, 0.1) is 0 Å². The first kappa shape index (κ1) is 8.69. The molecule has 3 nitrogen and oxygen atoms in total. The molecule has 1 aromatic rings. The lowest BCUT2D eigenvalue weighted by molar-refractivity contribution is -0.135. The van der Waals surface area contributed by atoms with Gasteiger partial charge < -0.3 is 4.74 Å². The molecule has 0 aromatic heterocycles. The highest BCUT2D eigenvalue weighted by Crippen LogP contribution is 2.14. The summed E-state index contributed by atoms with van der Waals surface area (Å²) in [6, 6.07) is 9.21. The summed E-state index contributed by atoms with van der Waals surface area (Å²) in [6.45, 7) is -0.127. The fourth-order valence-electron chi connectivity index (χ4n) is 1.26. The third-order valence-corrected chi connectivity index (χ3v) is 1.97. The Morgan fingerprint density at radius 1 is 1.14 bits per heavy atom. The van der Waals surface area contributed by atoms with E-state index in [4.69, 9.17) is 0 Å². The Bertz CT molecular complexity index is 386. The van der Waals surface area contributed by atoms with Crippen LogP contribution in [-0.2, 0) is 14.3 Å². The summed E-state index contributed by atoms with van der Waals surface area (Å²) in [5.74, 6) is -0.780. The maximum atomic E-state index is 11.2. The molecule has 1 aliphatic rings. The van der Waals surface area contributed by atoms with Crippen molar-refractivity contribution < 1.29 is 14.3 Å². The lowest BCUT2D eigenvalue weighted by Crippen LogP contribution is -2.00. The van der Waals surface area contributed by atoms with Crippen LogP contribution in [0.1, 0.15) is 5.56 Å². The summed E-state index contributed by atoms with van der Waals surface area (Å²) >= 11 is 0. The van der Waals surface area contributed by atoms with Gasteiger partial charge in [0.25, 0.3) is 0 Å². The molecule has 3 heteroatoms. The first-order valence-electron chi connectivity index (χ1n) is 4.24. The minimum atomic E-state index is -0.529. The molecule has 0 N–H and O–H groups in total. The number of esters is 1. The van der Waals surface area contributed by atoms with E-state index in [1.54, 1.807) is 6.08 Å². The van der Waals surface area contributed by atoms with Crippen molar-refractivity contribution in [2.75, 3.05) is 6.61 Å². The Hall–Kier alpha value is -1.90. The zero-order valence-corrected chi connectivity index (χ0v) is 7.40. The van der Waals surface area contributed by atoms with E-state index in [-0.39, 0.29) is 18.0 Å². The minimum Gasteiger partial charge on any atom is -0.454 e. The molecule has 1 saturated heterocycles. The first-order chi connectivity index (χ1) is 6.77. The van der Waals surface area contributed by atoms with Crippen molar-refractivity contribution in [3.63, 3.8) is 0 Å². The van der Waals surface area contributed by atoms with Crippen molar-refractivity contribution >= 4 is 17.8 Å². The molecule has 0 bridgehead atoms. The molecule has 14 heavy (non-hydrogen) atoms. The van der Waals surface area contributed by atoms with Crippen LogP contribution >= 0.6 is 0 Å². The van der Waals surface area contributed by atoms with Crippen LogP contribution in [0.25, 0.3) is 6.08 Å². The molecular weight excluding hydrogens is 180 g/mol. The normalized spacial score (nSPS) is 18.7. The molecule has 1 aliphatic heterocycles. The van der Waals surface area contributed by atoms with Gasteiger partial charge in [0, 0.05) is 0 Å². The molecule has 0 spiro atoms. The molecule has 0 atom stereocenters. The molecule has 1 heterocycles. The van der Waals surface area contributed by atoms with E-state index in [2.05, 4.69) is 4.74 Å². The van der Waals surface area contributed by atoms with Crippen LogP contribution in [0.2, 0.25) is 0 Å². The Morgan fingerprint density at radius 2 is 1.86 bits per heavy atom. The number of carbonyl (C=O) groups excluding carboxylic acids is 2. The number of ketones is 1. The quantitative estimate of drug-likeness (QED) is 0.378. The van der Waals surface area contributed by atoms with Crippen LogP contribution in [0.15, 0.2) is 35.9 Å². The highest BCUT2D eigenvalue weighted by atomic mass is 16.5. The summed E-state index contributed by atoms with van der Waals surface area (Å²) in [5, 5.41) is 0. The fourth-order valence-corrected chi connectivity index (χ4v) is 1.26. The van der Waals surface area contributed by atoms with E-state index in [0.717, 1.165) is 5.56 Å². The van der Waals surface area contributed by atoms with Crippen LogP contribution in [-0.4, -0.2) is 18.4 Å². The Kier molecular flexibility index (Phi) is 2.14. The molecule has 70 valence electrons. The fraction of sp³-hybridized carbons (Fsp3) is 0.0909. The highest BCUT2D eigenvalue weighted by molar-refractivity contribution is 6.24. The van der Waals surface area contributed by atoms with Gasteiger partial charge in [-0.2, -0.15) is 0 Å². The Labute approximate surface area is 81.0 Å². The van der Waals surface area contributed by atoms with Crippen molar-refractivity contribution in [3.05, 3.63) is 41.5 Å². The number of hydrogen-bond acceptors (Lipinski definition) is 3. The van der Waals surface area contributed by atoms with Gasteiger partial charge in [0.1, 0.15) is 5.57 Å². The zero-order chi connectivity index (χ0) is 9.97. The van der Waals surface area contributed by atoms with Gasteiger partial charge in [0.15, 0.2) is 6.61 Å². The Balaban J connectivity index is 2.35. The molecule has 1 fully saturated rings. The Morgan fingerprint density at radius 3 is 2.43 bits per heavy atom. The largest absolute Gasteiger partial charge is 0.454 e. The van der Waals surface area contributed by atoms with E-state index >= 15 is 0 Å². The molecule has 2 rings (SSSR count). The van der Waals surface area contributed by atoms with E-state index in [9.17, 15) is 9.59 Å². The van der Waals surface area contributed by atoms with Crippen LogP contribution in [0.3, 0.4) is 0 Å². The number of benzene rings is 1. The van der Waals surface area contributed by atoms with Gasteiger partial charge in [-0.3, -0.25) is 4.79 Å². The topological polar surface area (TPSA) is 43.4 Å². The standard InChI is InChI=1S/C11H8O3/c12-10-7-14-11(13)9(10)6-8-4-2-1-3-5-8/h1-6H,7H2/b9-6+. The average Bonchev–Trinajstić information content (AvgIpc) is 2.51. The van der Waals surface area contributed by atoms with Gasteiger partial charge in [-0.05, 0) is 11.6 Å². The van der Waals surface area contributed by atoms with Crippen molar-refractivity contribution in [3.8, 4) is 0 Å². The van der Waals surface area contributed by atoms with Crippen molar-refractivity contribution in [1.82, 2.24) is 0 Å². The lowest BCUT2D eigenvalue weighted by atomic mass is 10.1. The van der Waals surface area contributed by atoms with Gasteiger partial charge in [0.2, 0.25) is 5.78 Å².